The molecule has 0 aromatic heterocycles. The Kier molecular flexibility index (Phi) is 9.14. The first-order chi connectivity index (χ1) is 11.0. The minimum atomic E-state index is -3.55. The number of aliphatic hydroxyl groups is 1. The molecule has 1 aromatic rings. The molecule has 23 heavy (non-hydrogen) atoms. The van der Waals surface area contributed by atoms with E-state index in [0.717, 1.165) is 18.4 Å². The summed E-state index contributed by atoms with van der Waals surface area (Å²) in [6, 6.07) is 6.66. The second-order valence-corrected chi connectivity index (χ2v) is 7.63. The number of hydrogen-bond acceptors (Lipinski definition) is 3. The maximum absolute atomic E-state index is 12.1. The first kappa shape index (κ1) is 19.9. The van der Waals surface area contributed by atoms with Gasteiger partial charge in [0, 0.05) is 6.54 Å². The quantitative estimate of drug-likeness (QED) is 0.478. The molecule has 0 aliphatic heterocycles. The minimum absolute atomic E-state index is 0.0416. The van der Waals surface area contributed by atoms with Crippen LogP contribution in [0.2, 0.25) is 0 Å². The molecule has 0 amide bonds. The van der Waals surface area contributed by atoms with Crippen LogP contribution < -0.4 is 4.72 Å². The summed E-state index contributed by atoms with van der Waals surface area (Å²) < 4.78 is 26.6. The third kappa shape index (κ3) is 8.30. The Balaban J connectivity index is 2.29. The van der Waals surface area contributed by atoms with Crippen LogP contribution in [0.3, 0.4) is 0 Å². The van der Waals surface area contributed by atoms with E-state index in [-0.39, 0.29) is 11.4 Å². The van der Waals surface area contributed by atoms with Gasteiger partial charge in [0.15, 0.2) is 0 Å². The maximum atomic E-state index is 12.1. The van der Waals surface area contributed by atoms with Gasteiger partial charge in [-0.15, -0.1) is 0 Å². The molecule has 1 atom stereocenters. The van der Waals surface area contributed by atoms with Gasteiger partial charge in [-0.05, 0) is 44.7 Å². The van der Waals surface area contributed by atoms with E-state index in [4.69, 9.17) is 0 Å². The number of aryl methyl sites for hydroxylation is 1. The molecule has 0 bridgehead atoms. The molecule has 0 radical (unpaired) electrons. The van der Waals surface area contributed by atoms with E-state index in [0.29, 0.717) is 6.42 Å². The Hall–Kier alpha value is -1.17. The molecule has 0 saturated carbocycles. The van der Waals surface area contributed by atoms with Crippen LogP contribution in [0.5, 0.6) is 0 Å². The normalized spacial score (nSPS) is 13.5. The Morgan fingerprint density at radius 3 is 2.43 bits per heavy atom. The van der Waals surface area contributed by atoms with Crippen molar-refractivity contribution in [3.05, 3.63) is 42.0 Å². The first-order valence-electron chi connectivity index (χ1n) is 8.35. The smallest absolute Gasteiger partial charge is 0.240 e. The second-order valence-electron chi connectivity index (χ2n) is 5.86. The van der Waals surface area contributed by atoms with Gasteiger partial charge in [-0.2, -0.15) is 0 Å². The van der Waals surface area contributed by atoms with Gasteiger partial charge in [0.05, 0.1) is 11.0 Å². The molecule has 1 unspecified atom stereocenters. The van der Waals surface area contributed by atoms with Crippen molar-refractivity contribution in [3.8, 4) is 0 Å². The zero-order valence-corrected chi connectivity index (χ0v) is 15.0. The topological polar surface area (TPSA) is 66.4 Å². The van der Waals surface area contributed by atoms with E-state index in [1.54, 1.807) is 24.3 Å². The number of hydrogen-bond donors (Lipinski definition) is 2. The Morgan fingerprint density at radius 1 is 1.13 bits per heavy atom. The fraction of sp³-hybridized carbons (Fsp3) is 0.556. The average Bonchev–Trinajstić information content (AvgIpc) is 2.52. The van der Waals surface area contributed by atoms with Crippen molar-refractivity contribution in [3.63, 3.8) is 0 Å². The summed E-state index contributed by atoms with van der Waals surface area (Å²) in [6.07, 6.45) is 9.58. The summed E-state index contributed by atoms with van der Waals surface area (Å²) in [4.78, 5) is 0.228. The zero-order valence-electron chi connectivity index (χ0n) is 14.2. The Morgan fingerprint density at radius 2 is 1.78 bits per heavy atom. The second kappa shape index (κ2) is 10.6. The van der Waals surface area contributed by atoms with Crippen LogP contribution in [0.15, 0.2) is 41.3 Å². The summed E-state index contributed by atoms with van der Waals surface area (Å²) in [5, 5.41) is 9.88. The van der Waals surface area contributed by atoms with E-state index in [2.05, 4.69) is 23.8 Å². The Labute approximate surface area is 140 Å². The molecule has 0 aliphatic rings. The van der Waals surface area contributed by atoms with Crippen molar-refractivity contribution >= 4 is 10.0 Å². The zero-order chi connectivity index (χ0) is 17.1. The molecule has 0 spiro atoms. The number of unbranched alkanes of at least 4 members (excludes halogenated alkanes) is 3. The molecule has 1 aromatic carbocycles. The van der Waals surface area contributed by atoms with Gasteiger partial charge in [0.25, 0.3) is 0 Å². The summed E-state index contributed by atoms with van der Waals surface area (Å²) in [5.41, 5.74) is 1.01. The van der Waals surface area contributed by atoms with Crippen molar-refractivity contribution in [2.75, 3.05) is 6.54 Å². The lowest BCUT2D eigenvalue weighted by atomic mass is 10.1. The number of allylic oxidation sites excluding steroid dienone is 2. The molecule has 130 valence electrons. The van der Waals surface area contributed by atoms with Crippen molar-refractivity contribution < 1.29 is 13.5 Å². The van der Waals surface area contributed by atoms with Crippen molar-refractivity contribution in [2.45, 2.75) is 63.4 Å². The largest absolute Gasteiger partial charge is 0.392 e. The van der Waals surface area contributed by atoms with E-state index in [1.807, 2.05) is 6.92 Å². The van der Waals surface area contributed by atoms with Crippen molar-refractivity contribution in [1.82, 2.24) is 4.72 Å². The molecule has 0 heterocycles. The van der Waals surface area contributed by atoms with Gasteiger partial charge < -0.3 is 5.11 Å². The molecule has 0 fully saturated rings. The van der Waals surface area contributed by atoms with E-state index in [9.17, 15) is 13.5 Å². The van der Waals surface area contributed by atoms with Gasteiger partial charge in [-0.25, -0.2) is 13.1 Å². The highest BCUT2D eigenvalue weighted by atomic mass is 32.2. The van der Waals surface area contributed by atoms with Gasteiger partial charge in [-0.3, -0.25) is 0 Å². The molecule has 0 aliphatic carbocycles. The predicted octanol–water partition coefficient (Wildman–Crippen LogP) is 3.55. The van der Waals surface area contributed by atoms with E-state index < -0.39 is 16.1 Å². The molecule has 0 saturated heterocycles. The number of sulfonamides is 1. The molecular weight excluding hydrogens is 310 g/mol. The van der Waals surface area contributed by atoms with Crippen LogP contribution in [0.25, 0.3) is 0 Å². The number of nitrogens with one attached hydrogen (secondary N) is 1. The van der Waals surface area contributed by atoms with E-state index >= 15 is 0 Å². The lowest BCUT2D eigenvalue weighted by Crippen LogP contribution is -2.32. The monoisotopic (exact) mass is 339 g/mol. The third-order valence-electron chi connectivity index (χ3n) is 3.65. The van der Waals surface area contributed by atoms with Crippen LogP contribution in [0.4, 0.5) is 0 Å². The summed E-state index contributed by atoms with van der Waals surface area (Å²) in [7, 11) is -3.55. The highest BCUT2D eigenvalue weighted by molar-refractivity contribution is 7.89. The minimum Gasteiger partial charge on any atom is -0.392 e. The van der Waals surface area contributed by atoms with Crippen LogP contribution in [0, 0.1) is 6.92 Å². The summed E-state index contributed by atoms with van der Waals surface area (Å²) >= 11 is 0. The molecule has 4 nitrogen and oxygen atoms in total. The predicted molar refractivity (Wildman–Crippen MR) is 94.9 cm³/mol. The van der Waals surface area contributed by atoms with Crippen LogP contribution >= 0.6 is 0 Å². The van der Waals surface area contributed by atoms with Crippen LogP contribution in [-0.2, 0) is 10.0 Å². The fourth-order valence-corrected chi connectivity index (χ4v) is 3.22. The number of benzene rings is 1. The molecule has 5 heteroatoms. The fourth-order valence-electron chi connectivity index (χ4n) is 2.15. The number of rotatable bonds is 11. The average molecular weight is 340 g/mol. The molecule has 2 N–H and O–H groups in total. The maximum Gasteiger partial charge on any atom is 0.240 e. The standard InChI is InChI=1S/C18H29NO3S/c1-3-4-5-6-7-8-9-10-17(20)15-19-23(21,22)18-13-11-16(2)12-14-18/h7-8,11-14,17,19-20H,3-6,9-10,15H2,1-2H3/b8-7+. The number of aliphatic hydroxyl groups excluding tert-OH is 1. The van der Waals surface area contributed by atoms with Crippen LogP contribution in [0.1, 0.15) is 51.0 Å². The molecular formula is C18H29NO3S. The van der Waals surface area contributed by atoms with E-state index in [1.165, 1.54) is 19.3 Å². The van der Waals surface area contributed by atoms with Crippen LogP contribution in [-0.4, -0.2) is 26.2 Å². The van der Waals surface area contributed by atoms with Gasteiger partial charge in [-0.1, -0.05) is 49.6 Å². The van der Waals surface area contributed by atoms with Gasteiger partial charge >= 0.3 is 0 Å². The molecule has 1 rings (SSSR count). The van der Waals surface area contributed by atoms with Gasteiger partial charge in [0.2, 0.25) is 10.0 Å². The highest BCUT2D eigenvalue weighted by Gasteiger charge is 2.15. The van der Waals surface area contributed by atoms with Crippen molar-refractivity contribution in [1.29, 1.82) is 0 Å². The van der Waals surface area contributed by atoms with Gasteiger partial charge in [0.1, 0.15) is 0 Å². The lowest BCUT2D eigenvalue weighted by Gasteiger charge is -2.11. The lowest BCUT2D eigenvalue weighted by molar-refractivity contribution is 0.169. The summed E-state index contributed by atoms with van der Waals surface area (Å²) in [5.74, 6) is 0. The SMILES string of the molecule is CCCCC/C=C/CCC(O)CNS(=O)(=O)c1ccc(C)cc1. The first-order valence-corrected chi connectivity index (χ1v) is 9.83. The van der Waals surface area contributed by atoms with Crippen molar-refractivity contribution in [2.24, 2.45) is 0 Å². The highest BCUT2D eigenvalue weighted by Crippen LogP contribution is 2.10. The Bertz CT molecular complexity index is 564. The third-order valence-corrected chi connectivity index (χ3v) is 5.09. The summed E-state index contributed by atoms with van der Waals surface area (Å²) in [6.45, 7) is 4.13.